The second-order valence-electron chi connectivity index (χ2n) is 4.10. The van der Waals surface area contributed by atoms with Gasteiger partial charge in [0.25, 0.3) is 0 Å². The molecule has 0 radical (unpaired) electrons. The summed E-state index contributed by atoms with van der Waals surface area (Å²) in [6.45, 7) is 4.37. The van der Waals surface area contributed by atoms with Gasteiger partial charge in [-0.15, -0.1) is 0 Å². The fraction of sp³-hybridized carbons (Fsp3) is 0.462. The molecule has 0 aliphatic heterocycles. The summed E-state index contributed by atoms with van der Waals surface area (Å²) in [5.41, 5.74) is -3.23. The molecule has 0 bridgehead atoms. The van der Waals surface area contributed by atoms with E-state index in [1.165, 1.54) is 12.1 Å². The van der Waals surface area contributed by atoms with E-state index < -0.39 is 5.51 Å². The Morgan fingerprint density at radius 3 is 2.05 bits per heavy atom. The molecule has 0 amide bonds. The number of aldehydes is 1. The number of alkyl halides is 3. The van der Waals surface area contributed by atoms with E-state index in [1.54, 1.807) is 19.2 Å². The van der Waals surface area contributed by atoms with Crippen LogP contribution in [0.5, 0.6) is 0 Å². The summed E-state index contributed by atoms with van der Waals surface area (Å²) in [7, 11) is 1.79. The number of halogens is 3. The predicted molar refractivity (Wildman–Crippen MR) is 72.0 cm³/mol. The molecule has 2 nitrogen and oxygen atoms in total. The first-order chi connectivity index (χ1) is 8.78. The summed E-state index contributed by atoms with van der Waals surface area (Å²) in [6, 6.07) is 6.32. The summed E-state index contributed by atoms with van der Waals surface area (Å²) in [5.74, 6) is 0.204. The average molecular weight is 293 g/mol. The topological polar surface area (TPSA) is 29.1 Å². The Hall–Kier alpha value is -1.01. The fourth-order valence-electron chi connectivity index (χ4n) is 1.01. The highest BCUT2D eigenvalue weighted by Gasteiger charge is 2.28. The Kier molecular flexibility index (Phi) is 8.51. The second kappa shape index (κ2) is 8.98. The van der Waals surface area contributed by atoms with E-state index in [9.17, 15) is 18.0 Å². The normalized spacial score (nSPS) is 10.9. The van der Waals surface area contributed by atoms with E-state index in [0.29, 0.717) is 6.54 Å². The van der Waals surface area contributed by atoms with E-state index >= 15 is 0 Å². The molecule has 0 aromatic heterocycles. The van der Waals surface area contributed by atoms with Gasteiger partial charge >= 0.3 is 5.51 Å². The van der Waals surface area contributed by atoms with E-state index in [2.05, 4.69) is 5.32 Å². The molecule has 0 aliphatic rings. The highest BCUT2D eigenvalue weighted by atomic mass is 32.2. The van der Waals surface area contributed by atoms with Crippen LogP contribution in [0.1, 0.15) is 19.4 Å². The van der Waals surface area contributed by atoms with Crippen LogP contribution in [0.15, 0.2) is 29.2 Å². The molecule has 19 heavy (non-hydrogen) atoms. The lowest BCUT2D eigenvalue weighted by atomic mass is 10.2. The monoisotopic (exact) mass is 293 g/mol. The van der Waals surface area contributed by atoms with Gasteiger partial charge in [0.15, 0.2) is 0 Å². The Bertz CT molecular complexity index is 363. The summed E-state index contributed by atoms with van der Waals surface area (Å²) in [6.07, 6.45) is 0.917. The molecular weight excluding hydrogens is 275 g/mol. The highest BCUT2D eigenvalue weighted by Crippen LogP contribution is 2.36. The van der Waals surface area contributed by atoms with Crippen molar-refractivity contribution in [2.24, 2.45) is 5.92 Å². The molecule has 1 aromatic rings. The molecule has 0 fully saturated rings. The van der Waals surface area contributed by atoms with Gasteiger partial charge in [-0.05, 0) is 36.5 Å². The van der Waals surface area contributed by atoms with Crippen LogP contribution < -0.4 is 5.32 Å². The van der Waals surface area contributed by atoms with Crippen molar-refractivity contribution in [3.05, 3.63) is 29.8 Å². The molecule has 0 saturated carbocycles. The molecule has 108 valence electrons. The van der Waals surface area contributed by atoms with Crippen molar-refractivity contribution < 1.29 is 18.0 Å². The zero-order valence-corrected chi connectivity index (χ0v) is 11.9. The van der Waals surface area contributed by atoms with Crippen LogP contribution in [0, 0.1) is 5.92 Å². The fourth-order valence-corrected chi connectivity index (χ4v) is 1.55. The van der Waals surface area contributed by atoms with Crippen LogP contribution in [0.2, 0.25) is 0 Å². The van der Waals surface area contributed by atoms with Crippen LogP contribution in [-0.4, -0.2) is 18.8 Å². The van der Waals surface area contributed by atoms with Gasteiger partial charge in [-0.2, -0.15) is 13.2 Å². The van der Waals surface area contributed by atoms with Gasteiger partial charge in [-0.3, -0.25) is 0 Å². The third-order valence-electron chi connectivity index (χ3n) is 1.81. The first-order valence-corrected chi connectivity index (χ1v) is 6.54. The standard InChI is InChI=1S/C9H10F3NS.C4H8O/c1-13-6-7-2-4-8(5-3-7)14-9(10,11)12;1-4(2)3-5/h2-5,13H,6H2,1H3;3-4H,1-2H3. The molecule has 0 atom stereocenters. The van der Waals surface area contributed by atoms with Crippen molar-refractivity contribution in [3.8, 4) is 0 Å². The average Bonchev–Trinajstić information content (AvgIpc) is 2.31. The quantitative estimate of drug-likeness (QED) is 0.675. The lowest BCUT2D eigenvalue weighted by Gasteiger charge is -2.06. The van der Waals surface area contributed by atoms with Gasteiger partial charge in [-0.1, -0.05) is 26.0 Å². The summed E-state index contributed by atoms with van der Waals surface area (Å²) >= 11 is -0.0929. The molecule has 0 unspecified atom stereocenters. The number of hydrogen-bond acceptors (Lipinski definition) is 3. The Morgan fingerprint density at radius 1 is 1.26 bits per heavy atom. The van der Waals surface area contributed by atoms with Crippen molar-refractivity contribution in [1.82, 2.24) is 5.32 Å². The van der Waals surface area contributed by atoms with Crippen LogP contribution in [0.4, 0.5) is 13.2 Å². The number of benzene rings is 1. The van der Waals surface area contributed by atoms with E-state index in [1.807, 2.05) is 13.8 Å². The molecule has 0 spiro atoms. The first-order valence-electron chi connectivity index (χ1n) is 5.73. The number of carbonyl (C=O) groups excluding carboxylic acids is 1. The summed E-state index contributed by atoms with van der Waals surface area (Å²) < 4.78 is 35.8. The molecule has 0 aliphatic carbocycles. The van der Waals surface area contributed by atoms with Crippen molar-refractivity contribution in [3.63, 3.8) is 0 Å². The van der Waals surface area contributed by atoms with Crippen LogP contribution >= 0.6 is 11.8 Å². The van der Waals surface area contributed by atoms with Gasteiger partial charge in [0.05, 0.1) is 0 Å². The van der Waals surface area contributed by atoms with Gasteiger partial charge in [0, 0.05) is 17.4 Å². The third kappa shape index (κ3) is 10.6. The smallest absolute Gasteiger partial charge is 0.316 e. The maximum absolute atomic E-state index is 11.9. The van der Waals surface area contributed by atoms with Gasteiger partial charge in [-0.25, -0.2) is 0 Å². The number of rotatable bonds is 4. The van der Waals surface area contributed by atoms with Crippen molar-refractivity contribution in [1.29, 1.82) is 0 Å². The molecule has 1 aromatic carbocycles. The zero-order valence-electron chi connectivity index (χ0n) is 11.1. The number of thioether (sulfide) groups is 1. The van der Waals surface area contributed by atoms with E-state index in [0.717, 1.165) is 11.8 Å². The first kappa shape index (κ1) is 18.0. The highest BCUT2D eigenvalue weighted by molar-refractivity contribution is 8.00. The lowest BCUT2D eigenvalue weighted by Crippen LogP contribution is -2.04. The SMILES string of the molecule is CC(C)C=O.CNCc1ccc(SC(F)(F)F)cc1. The van der Waals surface area contributed by atoms with Crippen molar-refractivity contribution in [2.45, 2.75) is 30.8 Å². The predicted octanol–water partition coefficient (Wildman–Crippen LogP) is 3.86. The van der Waals surface area contributed by atoms with E-state index in [4.69, 9.17) is 0 Å². The largest absolute Gasteiger partial charge is 0.446 e. The summed E-state index contributed by atoms with van der Waals surface area (Å²) in [4.78, 5) is 9.72. The van der Waals surface area contributed by atoms with Crippen LogP contribution in [-0.2, 0) is 11.3 Å². The molecular formula is C13H18F3NOS. The molecule has 1 N–H and O–H groups in total. The second-order valence-corrected chi connectivity index (χ2v) is 5.24. The third-order valence-corrected chi connectivity index (χ3v) is 2.55. The maximum atomic E-state index is 11.9. The van der Waals surface area contributed by atoms with Crippen molar-refractivity contribution in [2.75, 3.05) is 7.05 Å². The molecule has 0 saturated heterocycles. The zero-order chi connectivity index (χ0) is 14.9. The minimum Gasteiger partial charge on any atom is -0.316 e. The lowest BCUT2D eigenvalue weighted by molar-refractivity contribution is -0.110. The number of carbonyl (C=O) groups is 1. The maximum Gasteiger partial charge on any atom is 0.446 e. The van der Waals surface area contributed by atoms with Crippen molar-refractivity contribution >= 4 is 18.0 Å². The molecule has 1 rings (SSSR count). The van der Waals surface area contributed by atoms with E-state index in [-0.39, 0.29) is 22.6 Å². The minimum absolute atomic E-state index is 0.0929. The summed E-state index contributed by atoms with van der Waals surface area (Å²) in [5, 5.41) is 2.92. The number of hydrogen-bond donors (Lipinski definition) is 1. The molecule has 0 heterocycles. The minimum atomic E-state index is -4.20. The van der Waals surface area contributed by atoms with Crippen LogP contribution in [0.25, 0.3) is 0 Å². The molecule has 6 heteroatoms. The number of nitrogens with one attached hydrogen (secondary N) is 1. The Labute approximate surface area is 115 Å². The Morgan fingerprint density at radius 2 is 1.74 bits per heavy atom. The van der Waals surface area contributed by atoms with Gasteiger partial charge < -0.3 is 10.1 Å². The van der Waals surface area contributed by atoms with Crippen LogP contribution in [0.3, 0.4) is 0 Å². The Balaban J connectivity index is 0.000000555. The van der Waals surface area contributed by atoms with Gasteiger partial charge in [0.1, 0.15) is 6.29 Å². The van der Waals surface area contributed by atoms with Gasteiger partial charge in [0.2, 0.25) is 0 Å².